The summed E-state index contributed by atoms with van der Waals surface area (Å²) in [4.78, 5) is 17.8. The number of rotatable bonds is 7. The van der Waals surface area contributed by atoms with Crippen LogP contribution in [0.5, 0.6) is 5.75 Å². The van der Waals surface area contributed by atoms with Crippen LogP contribution in [-0.2, 0) is 4.74 Å². The minimum atomic E-state index is -2.65. The highest BCUT2D eigenvalue weighted by atomic mass is 19.3. The summed E-state index contributed by atoms with van der Waals surface area (Å²) in [5.41, 5.74) is -1.59. The third kappa shape index (κ3) is 7.14. The van der Waals surface area contributed by atoms with Crippen molar-refractivity contribution in [1.82, 2.24) is 9.80 Å². The molecule has 3 N–H and O–H groups in total. The second-order valence-electron chi connectivity index (χ2n) is 15.0. The maximum atomic E-state index is 17.3. The van der Waals surface area contributed by atoms with Gasteiger partial charge in [0.15, 0.2) is 5.83 Å². The molecule has 4 fully saturated rings. The van der Waals surface area contributed by atoms with Crippen LogP contribution >= 0.6 is 0 Å². The lowest BCUT2D eigenvalue weighted by molar-refractivity contribution is -0.0198. The first-order chi connectivity index (χ1) is 25.3. The Hall–Kier alpha value is -4.09. The fraction of sp³-hybridized carbons (Fsp3) is 0.525. The van der Waals surface area contributed by atoms with E-state index in [1.807, 2.05) is 0 Å². The van der Waals surface area contributed by atoms with Crippen molar-refractivity contribution in [3.8, 4) is 18.1 Å². The van der Waals surface area contributed by atoms with Crippen molar-refractivity contribution in [2.45, 2.75) is 63.5 Å². The second-order valence-corrected chi connectivity index (χ2v) is 15.0. The van der Waals surface area contributed by atoms with Gasteiger partial charge < -0.3 is 25.0 Å². The standard InChI is InChI=1S/C39H43F4N5O3.CH4O/c1-5-26-30(40)10-9-24-16-25(49)17-27(32(24)26)34-33(41)35(28(18-45-34)36(44-4)48-14-15-51-22-37(3,50)21-48)46-20-38-11-6-8-31(38)47(13-7-12-38)19-29-23(2)39(29,42)43;1-2/h1,9-10,16-18,23,29,31,49-50H,4,6-8,11-15,19-22H2,2-3H3;2H,1H3/b36-28+,46-35?;. The van der Waals surface area contributed by atoms with Gasteiger partial charge in [0.05, 0.1) is 30.9 Å². The number of aromatic hydroxyl groups is 1. The molecule has 5 atom stereocenters. The molecule has 3 aliphatic heterocycles. The van der Waals surface area contributed by atoms with Crippen molar-refractivity contribution in [1.29, 1.82) is 0 Å². The summed E-state index contributed by atoms with van der Waals surface area (Å²) in [6.07, 6.45) is 11.4. The van der Waals surface area contributed by atoms with Gasteiger partial charge in [0.2, 0.25) is 0 Å². The largest absolute Gasteiger partial charge is 0.508 e. The number of hydrogen-bond acceptors (Lipinski definition) is 9. The van der Waals surface area contributed by atoms with Crippen molar-refractivity contribution in [3.63, 3.8) is 0 Å². The van der Waals surface area contributed by atoms with Crippen molar-refractivity contribution in [2.75, 3.05) is 53.0 Å². The van der Waals surface area contributed by atoms with Crippen LogP contribution in [0.1, 0.15) is 57.1 Å². The number of likely N-dealkylation sites (tertiary alicyclic amines) is 1. The van der Waals surface area contributed by atoms with Crippen molar-refractivity contribution < 1.29 is 37.6 Å². The van der Waals surface area contributed by atoms with Gasteiger partial charge in [-0.2, -0.15) is 0 Å². The lowest BCUT2D eigenvalue weighted by Crippen LogP contribution is -2.51. The minimum absolute atomic E-state index is 0.0291. The first-order valence-corrected chi connectivity index (χ1v) is 18.0. The number of phenols is 1. The van der Waals surface area contributed by atoms with Gasteiger partial charge in [-0.15, -0.1) is 6.42 Å². The first-order valence-electron chi connectivity index (χ1n) is 18.0. The molecule has 9 nitrogen and oxygen atoms in total. The molecule has 53 heavy (non-hydrogen) atoms. The molecule has 5 aliphatic rings. The average molecular weight is 738 g/mol. The van der Waals surface area contributed by atoms with Gasteiger partial charge in [0.1, 0.15) is 34.4 Å². The lowest BCUT2D eigenvalue weighted by Gasteiger charge is -2.46. The van der Waals surface area contributed by atoms with Crippen LogP contribution in [0.2, 0.25) is 0 Å². The summed E-state index contributed by atoms with van der Waals surface area (Å²) < 4.78 is 66.7. The zero-order chi connectivity index (χ0) is 38.3. The summed E-state index contributed by atoms with van der Waals surface area (Å²) in [7, 11) is 1.00. The van der Waals surface area contributed by atoms with Crippen LogP contribution in [0.25, 0.3) is 16.5 Å². The molecule has 0 spiro atoms. The quantitative estimate of drug-likeness (QED) is 0.184. The van der Waals surface area contributed by atoms with Crippen LogP contribution in [0.3, 0.4) is 0 Å². The molecule has 0 bridgehead atoms. The van der Waals surface area contributed by atoms with Gasteiger partial charge in [-0.05, 0) is 69.5 Å². The van der Waals surface area contributed by atoms with E-state index >= 15 is 8.78 Å². The highest BCUT2D eigenvalue weighted by Crippen LogP contribution is 2.57. The van der Waals surface area contributed by atoms with E-state index in [4.69, 9.17) is 21.3 Å². The van der Waals surface area contributed by atoms with Crippen LogP contribution in [-0.4, -0.2) is 114 Å². The van der Waals surface area contributed by atoms with Crippen LogP contribution in [0.15, 0.2) is 56.5 Å². The highest BCUT2D eigenvalue weighted by molar-refractivity contribution is 6.29. The predicted molar refractivity (Wildman–Crippen MR) is 199 cm³/mol. The van der Waals surface area contributed by atoms with Crippen molar-refractivity contribution in [2.24, 2.45) is 32.2 Å². The first kappa shape index (κ1) is 38.6. The molecule has 5 unspecified atom stereocenters. The number of alkyl halides is 2. The molecule has 2 aliphatic carbocycles. The van der Waals surface area contributed by atoms with E-state index in [0.717, 1.165) is 45.8 Å². The van der Waals surface area contributed by atoms with E-state index in [2.05, 4.69) is 27.5 Å². The topological polar surface area (TPSA) is 113 Å². The fourth-order valence-electron chi connectivity index (χ4n) is 8.86. The lowest BCUT2D eigenvalue weighted by atomic mass is 9.74. The van der Waals surface area contributed by atoms with Crippen LogP contribution in [0.4, 0.5) is 17.6 Å². The normalized spacial score (nSPS) is 31.4. The Morgan fingerprint density at radius 2 is 1.91 bits per heavy atom. The number of fused-ring (bicyclic) bond motifs is 2. The number of hydrogen-bond donors (Lipinski definition) is 3. The van der Waals surface area contributed by atoms with Gasteiger partial charge in [-0.25, -0.2) is 22.6 Å². The molecule has 13 heteroatoms. The average Bonchev–Trinajstić information content (AvgIpc) is 3.41. The summed E-state index contributed by atoms with van der Waals surface area (Å²) >= 11 is 0. The zero-order valence-electron chi connectivity index (χ0n) is 30.4. The molecule has 2 saturated carbocycles. The van der Waals surface area contributed by atoms with E-state index in [9.17, 15) is 19.0 Å². The number of phenolic OH excluding ortho intramolecular Hbond substituents is 1. The highest BCUT2D eigenvalue weighted by Gasteiger charge is 2.66. The molecule has 0 radical (unpaired) electrons. The van der Waals surface area contributed by atoms with Gasteiger partial charge in [-0.1, -0.05) is 25.3 Å². The summed E-state index contributed by atoms with van der Waals surface area (Å²) in [6.45, 7) is 9.15. The third-order valence-corrected chi connectivity index (χ3v) is 11.6. The molecule has 7 rings (SSSR count). The molecular formula is C40H47F4N5O4. The molecule has 2 saturated heterocycles. The fourth-order valence-corrected chi connectivity index (χ4v) is 8.86. The second kappa shape index (κ2) is 15.0. The van der Waals surface area contributed by atoms with E-state index in [0.29, 0.717) is 18.5 Å². The van der Waals surface area contributed by atoms with E-state index < -0.39 is 35.0 Å². The summed E-state index contributed by atoms with van der Waals surface area (Å²) in [5, 5.41) is 29.3. The number of aliphatic imine (C=N–C) groups is 3. The predicted octanol–water partition coefficient (Wildman–Crippen LogP) is 5.97. The SMILES string of the molecule is C#Cc1c(F)ccc2cc(O)cc(C3=C(F)C(=NCC45CCCC4N(CC4C(C)C4(F)F)CCC5)/C(=C(\N=C)N4CCOCC(C)(O)C4)C=N3)c12.CO. The van der Waals surface area contributed by atoms with Gasteiger partial charge in [0, 0.05) is 67.2 Å². The number of halogens is 4. The zero-order valence-corrected chi connectivity index (χ0v) is 30.4. The molecular weight excluding hydrogens is 690 g/mol. The summed E-state index contributed by atoms with van der Waals surface area (Å²) in [6, 6.07) is 5.41. The number of terminal acetylenes is 1. The molecule has 2 aromatic carbocycles. The smallest absolute Gasteiger partial charge is 0.255 e. The van der Waals surface area contributed by atoms with E-state index in [-0.39, 0.29) is 82.8 Å². The maximum Gasteiger partial charge on any atom is 0.255 e. The molecule has 284 valence electrons. The minimum Gasteiger partial charge on any atom is -0.508 e. The Balaban J connectivity index is 0.00000236. The molecule has 0 aromatic heterocycles. The Kier molecular flexibility index (Phi) is 10.9. The Labute approximate surface area is 307 Å². The molecule has 3 heterocycles. The Morgan fingerprint density at radius 3 is 2.60 bits per heavy atom. The maximum absolute atomic E-state index is 17.3. The molecule has 2 aromatic rings. The number of aliphatic hydroxyl groups is 2. The summed E-state index contributed by atoms with van der Waals surface area (Å²) in [5.74, 6) is -3.03. The number of benzene rings is 2. The van der Waals surface area contributed by atoms with Gasteiger partial charge in [-0.3, -0.25) is 14.9 Å². The van der Waals surface area contributed by atoms with E-state index in [1.165, 1.54) is 30.5 Å². The van der Waals surface area contributed by atoms with Crippen molar-refractivity contribution >= 4 is 35.1 Å². The van der Waals surface area contributed by atoms with Gasteiger partial charge in [0.25, 0.3) is 5.92 Å². The Bertz CT molecular complexity index is 1940. The van der Waals surface area contributed by atoms with Crippen LogP contribution in [0, 0.1) is 35.4 Å². The van der Waals surface area contributed by atoms with Crippen LogP contribution < -0.4 is 0 Å². The Morgan fingerprint density at radius 1 is 1.17 bits per heavy atom. The number of allylic oxidation sites excluding steroid dienone is 2. The number of ether oxygens (including phenoxy) is 1. The number of nitrogens with zero attached hydrogens (tertiary/aromatic N) is 5. The van der Waals surface area contributed by atoms with Crippen molar-refractivity contribution in [3.05, 3.63) is 58.4 Å². The third-order valence-electron chi connectivity index (χ3n) is 11.6. The monoisotopic (exact) mass is 737 g/mol. The number of aliphatic hydroxyl groups excluding tert-OH is 1. The van der Waals surface area contributed by atoms with Gasteiger partial charge >= 0.3 is 0 Å². The number of β-amino-alcohol motifs (C(OH)–C–C–N with tert-alkyl or cyclic N) is 1. The number of piperidine rings is 1. The van der Waals surface area contributed by atoms with E-state index in [1.54, 1.807) is 18.7 Å². The molecule has 0 amide bonds.